The van der Waals surface area contributed by atoms with E-state index in [1.54, 1.807) is 0 Å². The molecular weight excluding hydrogens is 220 g/mol. The number of nitriles is 1. The highest BCUT2D eigenvalue weighted by Gasteiger charge is 2.12. The van der Waals surface area contributed by atoms with Crippen LogP contribution in [0.5, 0.6) is 0 Å². The van der Waals surface area contributed by atoms with Crippen LogP contribution in [-0.4, -0.2) is 16.8 Å². The maximum absolute atomic E-state index is 12.7. The quantitative estimate of drug-likeness (QED) is 0.451. The highest BCUT2D eigenvalue weighted by atomic mass is 19.1. The maximum atomic E-state index is 12.7. The molecule has 0 heterocycles. The second kappa shape index (κ2) is 4.84. The molecule has 7 heteroatoms. The van der Waals surface area contributed by atoms with Gasteiger partial charge in [-0.2, -0.15) is 5.26 Å². The fourth-order valence-electron chi connectivity index (χ4n) is 0.935. The lowest BCUT2D eigenvalue weighted by Crippen LogP contribution is -2.21. The number of rotatable bonds is 2. The summed E-state index contributed by atoms with van der Waals surface area (Å²) < 4.78 is 25.4. The van der Waals surface area contributed by atoms with Gasteiger partial charge in [0.2, 0.25) is 5.71 Å². The number of benzene rings is 1. The number of amides is 1. The van der Waals surface area contributed by atoms with E-state index in [0.717, 1.165) is 12.1 Å². The summed E-state index contributed by atoms with van der Waals surface area (Å²) in [7, 11) is 0. The normalized spacial score (nSPS) is 10.7. The topological polar surface area (TPSA) is 85.5 Å². The van der Waals surface area contributed by atoms with Gasteiger partial charge < -0.3 is 10.5 Å². The molecule has 0 fully saturated rings. The fourth-order valence-corrected chi connectivity index (χ4v) is 0.935. The van der Waals surface area contributed by atoms with Crippen molar-refractivity contribution < 1.29 is 18.8 Å². The molecule has 82 valence electrons. The molecule has 1 aromatic rings. The van der Waals surface area contributed by atoms with Crippen molar-refractivity contribution in [3.63, 3.8) is 0 Å². The van der Waals surface area contributed by atoms with Crippen LogP contribution in [0, 0.1) is 23.0 Å². The summed E-state index contributed by atoms with van der Waals surface area (Å²) in [6.07, 6.45) is 0. The average molecular weight is 225 g/mol. The summed E-state index contributed by atoms with van der Waals surface area (Å²) in [5.74, 6) is -2.82. The maximum Gasteiger partial charge on any atom is 0.288 e. The first-order valence-electron chi connectivity index (χ1n) is 3.96. The first-order chi connectivity index (χ1) is 7.56. The Morgan fingerprint density at radius 3 is 2.38 bits per heavy atom. The van der Waals surface area contributed by atoms with Crippen molar-refractivity contribution >= 4 is 17.3 Å². The molecule has 0 atom stereocenters. The predicted octanol–water partition coefficient (Wildman–Crippen LogP) is 1.26. The van der Waals surface area contributed by atoms with Crippen LogP contribution in [0.15, 0.2) is 23.4 Å². The summed E-state index contributed by atoms with van der Waals surface area (Å²) >= 11 is 0. The van der Waals surface area contributed by atoms with Crippen LogP contribution in [0.4, 0.5) is 14.5 Å². The summed E-state index contributed by atoms with van der Waals surface area (Å²) in [5.41, 5.74) is -0.997. The van der Waals surface area contributed by atoms with E-state index in [-0.39, 0.29) is 5.69 Å². The number of oxime groups is 1. The van der Waals surface area contributed by atoms with Gasteiger partial charge in [0, 0.05) is 11.8 Å². The largest absolute Gasteiger partial charge is 0.410 e. The molecule has 0 aliphatic rings. The van der Waals surface area contributed by atoms with Crippen molar-refractivity contribution in [3.8, 4) is 6.07 Å². The third-order valence-corrected chi connectivity index (χ3v) is 1.54. The number of carbonyl (C=O) groups excluding carboxylic acids is 1. The monoisotopic (exact) mass is 225 g/mol. The Balaban J connectivity index is 2.90. The van der Waals surface area contributed by atoms with Crippen molar-refractivity contribution in [1.82, 2.24) is 0 Å². The molecule has 1 rings (SSSR count). The molecule has 0 unspecified atom stereocenters. The summed E-state index contributed by atoms with van der Waals surface area (Å²) in [5, 5.41) is 21.0. The lowest BCUT2D eigenvalue weighted by molar-refractivity contribution is -0.110. The number of hydrogen-bond donors (Lipinski definition) is 2. The highest BCUT2D eigenvalue weighted by molar-refractivity contribution is 6.48. The third-order valence-electron chi connectivity index (χ3n) is 1.54. The SMILES string of the molecule is N#C/C(=N\O)C(=O)Nc1cc(F)cc(F)c1. The smallest absolute Gasteiger partial charge is 0.288 e. The van der Waals surface area contributed by atoms with Crippen LogP contribution in [-0.2, 0) is 4.79 Å². The molecule has 0 bridgehead atoms. The number of nitrogens with one attached hydrogen (secondary N) is 1. The zero-order valence-electron chi connectivity index (χ0n) is 7.74. The van der Waals surface area contributed by atoms with Crippen LogP contribution >= 0.6 is 0 Å². The van der Waals surface area contributed by atoms with E-state index in [4.69, 9.17) is 10.5 Å². The van der Waals surface area contributed by atoms with Gasteiger partial charge >= 0.3 is 0 Å². The summed E-state index contributed by atoms with van der Waals surface area (Å²) in [4.78, 5) is 11.1. The molecule has 0 saturated carbocycles. The molecule has 16 heavy (non-hydrogen) atoms. The summed E-state index contributed by atoms with van der Waals surface area (Å²) in [6.45, 7) is 0. The van der Waals surface area contributed by atoms with Gasteiger partial charge in [-0.25, -0.2) is 8.78 Å². The standard InChI is InChI=1S/C9H5F2N3O2/c10-5-1-6(11)3-7(2-5)13-9(15)8(4-12)14-16/h1-3,16H,(H,13,15)/b14-8+. The molecule has 0 saturated heterocycles. The minimum absolute atomic E-state index is 0.182. The molecule has 2 N–H and O–H groups in total. The predicted molar refractivity (Wildman–Crippen MR) is 49.8 cm³/mol. The van der Waals surface area contributed by atoms with Crippen LogP contribution in [0.2, 0.25) is 0 Å². The molecular formula is C9H5F2N3O2. The van der Waals surface area contributed by atoms with E-state index >= 15 is 0 Å². The number of nitrogens with zero attached hydrogens (tertiary/aromatic N) is 2. The van der Waals surface area contributed by atoms with Gasteiger partial charge in [-0.15, -0.1) is 0 Å². The van der Waals surface area contributed by atoms with Gasteiger partial charge in [-0.3, -0.25) is 4.79 Å². The van der Waals surface area contributed by atoms with Crippen LogP contribution in [0.1, 0.15) is 0 Å². The van der Waals surface area contributed by atoms with Crippen molar-refractivity contribution in [2.45, 2.75) is 0 Å². The molecule has 0 radical (unpaired) electrons. The van der Waals surface area contributed by atoms with Crippen LogP contribution in [0.3, 0.4) is 0 Å². The number of halogens is 2. The van der Waals surface area contributed by atoms with Gasteiger partial charge in [0.1, 0.15) is 17.7 Å². The Morgan fingerprint density at radius 2 is 1.94 bits per heavy atom. The van der Waals surface area contributed by atoms with E-state index in [0.29, 0.717) is 6.07 Å². The first kappa shape index (κ1) is 11.6. The Hall–Kier alpha value is -2.49. The number of carbonyl (C=O) groups is 1. The van der Waals surface area contributed by atoms with Gasteiger partial charge in [-0.1, -0.05) is 5.16 Å². The lowest BCUT2D eigenvalue weighted by atomic mass is 10.3. The van der Waals surface area contributed by atoms with E-state index < -0.39 is 23.3 Å². The van der Waals surface area contributed by atoms with Crippen molar-refractivity contribution in [3.05, 3.63) is 29.8 Å². The van der Waals surface area contributed by atoms with Crippen molar-refractivity contribution in [1.29, 1.82) is 5.26 Å². The van der Waals surface area contributed by atoms with Crippen molar-refractivity contribution in [2.75, 3.05) is 5.32 Å². The molecule has 0 spiro atoms. The van der Waals surface area contributed by atoms with Gasteiger partial charge in [-0.05, 0) is 12.1 Å². The number of hydrogen-bond acceptors (Lipinski definition) is 4. The van der Waals surface area contributed by atoms with E-state index in [2.05, 4.69) is 5.16 Å². The first-order valence-corrected chi connectivity index (χ1v) is 3.96. The molecule has 1 aromatic carbocycles. The molecule has 0 aromatic heterocycles. The average Bonchev–Trinajstić information content (AvgIpc) is 2.17. The molecule has 0 aliphatic heterocycles. The Kier molecular flexibility index (Phi) is 3.50. The summed E-state index contributed by atoms with van der Waals surface area (Å²) in [6, 6.07) is 3.64. The minimum Gasteiger partial charge on any atom is -0.410 e. The minimum atomic E-state index is -1.06. The van der Waals surface area contributed by atoms with E-state index in [1.165, 1.54) is 6.07 Å². The second-order valence-corrected chi connectivity index (χ2v) is 2.67. The van der Waals surface area contributed by atoms with Gasteiger partial charge in [0.05, 0.1) is 0 Å². The second-order valence-electron chi connectivity index (χ2n) is 2.67. The van der Waals surface area contributed by atoms with Crippen LogP contribution < -0.4 is 5.32 Å². The van der Waals surface area contributed by atoms with E-state index in [1.807, 2.05) is 5.32 Å². The molecule has 5 nitrogen and oxygen atoms in total. The van der Waals surface area contributed by atoms with Crippen LogP contribution in [0.25, 0.3) is 0 Å². The van der Waals surface area contributed by atoms with Gasteiger partial charge in [0.15, 0.2) is 0 Å². The van der Waals surface area contributed by atoms with Gasteiger partial charge in [0.25, 0.3) is 5.91 Å². The van der Waals surface area contributed by atoms with Crippen molar-refractivity contribution in [2.24, 2.45) is 5.16 Å². The Bertz CT molecular complexity index is 474. The fraction of sp³-hybridized carbons (Fsp3) is 0. The number of anilines is 1. The highest BCUT2D eigenvalue weighted by Crippen LogP contribution is 2.12. The van der Waals surface area contributed by atoms with E-state index in [9.17, 15) is 13.6 Å². The molecule has 1 amide bonds. The Labute approximate surface area is 88.6 Å². The Morgan fingerprint density at radius 1 is 1.38 bits per heavy atom. The lowest BCUT2D eigenvalue weighted by Gasteiger charge is -2.02. The molecule has 0 aliphatic carbocycles. The zero-order valence-corrected chi connectivity index (χ0v) is 7.74. The zero-order chi connectivity index (χ0) is 12.1. The third kappa shape index (κ3) is 2.75.